The van der Waals surface area contributed by atoms with Crippen molar-refractivity contribution in [3.8, 4) is 5.75 Å². The maximum absolute atomic E-state index is 12.2. The first kappa shape index (κ1) is 18.8. The molecule has 0 aromatic heterocycles. The molecule has 8 nitrogen and oxygen atoms in total. The third-order valence-corrected chi connectivity index (χ3v) is 3.99. The van der Waals surface area contributed by atoms with Crippen molar-refractivity contribution in [3.63, 3.8) is 0 Å². The van der Waals surface area contributed by atoms with E-state index in [2.05, 4.69) is 5.32 Å². The number of ether oxygens (including phenoxy) is 2. The van der Waals surface area contributed by atoms with Crippen LogP contribution >= 0.6 is 0 Å². The number of nitrogens with one attached hydrogen (secondary N) is 1. The van der Waals surface area contributed by atoms with Gasteiger partial charge in [0.15, 0.2) is 6.61 Å². The summed E-state index contributed by atoms with van der Waals surface area (Å²) < 4.78 is 10.1. The number of carbonyl (C=O) groups is 2. The lowest BCUT2D eigenvalue weighted by molar-refractivity contribution is -0.384. The molecular weight excluding hydrogens is 364 g/mol. The van der Waals surface area contributed by atoms with Gasteiger partial charge in [0, 0.05) is 6.07 Å². The molecule has 0 unspecified atom stereocenters. The third kappa shape index (κ3) is 4.24. The number of hydrogen-bond donors (Lipinski definition) is 1. The molecule has 0 aliphatic heterocycles. The quantitative estimate of drug-likeness (QED) is 0.398. The lowest BCUT2D eigenvalue weighted by Gasteiger charge is -2.10. The molecule has 0 saturated carbocycles. The minimum absolute atomic E-state index is 0.128. The zero-order valence-corrected chi connectivity index (χ0v) is 14.9. The number of esters is 1. The number of methoxy groups -OCH3 is 1. The highest BCUT2D eigenvalue weighted by atomic mass is 16.6. The van der Waals surface area contributed by atoms with Gasteiger partial charge in [0.05, 0.1) is 29.4 Å². The monoisotopic (exact) mass is 380 g/mol. The molecule has 0 aliphatic carbocycles. The minimum atomic E-state index is -0.628. The molecule has 8 heteroatoms. The number of hydrogen-bond acceptors (Lipinski definition) is 6. The van der Waals surface area contributed by atoms with Gasteiger partial charge in [-0.3, -0.25) is 14.9 Å². The molecule has 1 N–H and O–H groups in total. The summed E-state index contributed by atoms with van der Waals surface area (Å²) in [6.07, 6.45) is 0. The van der Waals surface area contributed by atoms with Crippen LogP contribution in [0, 0.1) is 10.1 Å². The zero-order valence-electron chi connectivity index (χ0n) is 14.9. The highest BCUT2D eigenvalue weighted by Gasteiger charge is 2.15. The summed E-state index contributed by atoms with van der Waals surface area (Å²) in [5, 5.41) is 15.2. The summed E-state index contributed by atoms with van der Waals surface area (Å²) in [7, 11) is 1.33. The topological polar surface area (TPSA) is 108 Å². The van der Waals surface area contributed by atoms with Crippen LogP contribution in [0.25, 0.3) is 10.8 Å². The molecule has 0 atom stereocenters. The van der Waals surface area contributed by atoms with E-state index in [0.29, 0.717) is 5.56 Å². The van der Waals surface area contributed by atoms with E-state index in [1.807, 2.05) is 24.3 Å². The molecule has 0 heterocycles. The van der Waals surface area contributed by atoms with E-state index in [1.54, 1.807) is 18.2 Å². The van der Waals surface area contributed by atoms with Crippen LogP contribution in [-0.4, -0.2) is 30.5 Å². The second-order valence-corrected chi connectivity index (χ2v) is 5.83. The largest absolute Gasteiger partial charge is 0.494 e. The first-order chi connectivity index (χ1) is 13.5. The van der Waals surface area contributed by atoms with Gasteiger partial charge in [0.2, 0.25) is 0 Å². The summed E-state index contributed by atoms with van der Waals surface area (Å²) in [6, 6.07) is 16.5. The molecule has 3 aromatic carbocycles. The zero-order chi connectivity index (χ0) is 20.1. The van der Waals surface area contributed by atoms with Gasteiger partial charge in [-0.25, -0.2) is 4.79 Å². The highest BCUT2D eigenvalue weighted by Crippen LogP contribution is 2.28. The van der Waals surface area contributed by atoms with E-state index in [-0.39, 0.29) is 17.1 Å². The maximum Gasteiger partial charge on any atom is 0.338 e. The fourth-order valence-electron chi connectivity index (χ4n) is 2.61. The van der Waals surface area contributed by atoms with Gasteiger partial charge in [-0.2, -0.15) is 0 Å². The molecule has 0 aliphatic rings. The van der Waals surface area contributed by atoms with Gasteiger partial charge in [0.1, 0.15) is 5.75 Å². The number of carbonyl (C=O) groups excluding carboxylic acids is 2. The molecule has 0 spiro atoms. The van der Waals surface area contributed by atoms with E-state index < -0.39 is 23.4 Å². The van der Waals surface area contributed by atoms with Crippen LogP contribution in [0.3, 0.4) is 0 Å². The van der Waals surface area contributed by atoms with E-state index in [9.17, 15) is 19.7 Å². The molecule has 0 saturated heterocycles. The van der Waals surface area contributed by atoms with Crippen molar-refractivity contribution in [3.05, 3.63) is 76.3 Å². The number of non-ortho nitro benzene ring substituents is 1. The molecule has 1 amide bonds. The standard InChI is InChI=1S/C20H16N2O6/c1-27-18-11-16(22(25)26)8-9-17(18)21-19(23)12-28-20(24)15-7-6-13-4-2-3-5-14(13)10-15/h2-11H,12H2,1H3,(H,21,23). The summed E-state index contributed by atoms with van der Waals surface area (Å²) in [5.41, 5.74) is 0.400. The van der Waals surface area contributed by atoms with Gasteiger partial charge in [-0.1, -0.05) is 30.3 Å². The normalized spacial score (nSPS) is 10.3. The van der Waals surface area contributed by atoms with Crippen molar-refractivity contribution in [2.75, 3.05) is 19.0 Å². The Hall–Kier alpha value is -3.94. The molecule has 28 heavy (non-hydrogen) atoms. The minimum Gasteiger partial charge on any atom is -0.494 e. The Labute approximate surface area is 159 Å². The van der Waals surface area contributed by atoms with Gasteiger partial charge in [0.25, 0.3) is 11.6 Å². The number of amides is 1. The number of benzene rings is 3. The second-order valence-electron chi connectivity index (χ2n) is 5.83. The molecule has 3 aromatic rings. The maximum atomic E-state index is 12.2. The Bertz CT molecular complexity index is 1060. The average Bonchev–Trinajstić information content (AvgIpc) is 2.71. The number of rotatable bonds is 6. The lowest BCUT2D eigenvalue weighted by Crippen LogP contribution is -2.21. The van der Waals surface area contributed by atoms with E-state index in [0.717, 1.165) is 10.8 Å². The van der Waals surface area contributed by atoms with Crippen molar-refractivity contribution in [1.29, 1.82) is 0 Å². The Kier molecular flexibility index (Phi) is 5.50. The summed E-state index contributed by atoms with van der Waals surface area (Å²) in [5.74, 6) is -1.10. The van der Waals surface area contributed by atoms with Crippen LogP contribution in [0.2, 0.25) is 0 Å². The molecular formula is C20H16N2O6. The van der Waals surface area contributed by atoms with Crippen LogP contribution < -0.4 is 10.1 Å². The third-order valence-electron chi connectivity index (χ3n) is 3.99. The Balaban J connectivity index is 1.63. The van der Waals surface area contributed by atoms with Gasteiger partial charge in [-0.15, -0.1) is 0 Å². The van der Waals surface area contributed by atoms with Crippen molar-refractivity contribution < 1.29 is 24.0 Å². The molecule has 0 bridgehead atoms. The number of anilines is 1. The molecule has 0 fully saturated rings. The fourth-order valence-corrected chi connectivity index (χ4v) is 2.61. The van der Waals surface area contributed by atoms with Crippen molar-refractivity contribution in [1.82, 2.24) is 0 Å². The smallest absolute Gasteiger partial charge is 0.338 e. The van der Waals surface area contributed by atoms with Crippen molar-refractivity contribution >= 4 is 34.0 Å². The second kappa shape index (κ2) is 8.17. The molecule has 3 rings (SSSR count). The summed E-state index contributed by atoms with van der Waals surface area (Å²) in [6.45, 7) is -0.508. The predicted octanol–water partition coefficient (Wildman–Crippen LogP) is 3.55. The number of nitro benzene ring substituents is 1. The Morgan fingerprint density at radius 3 is 2.50 bits per heavy atom. The Morgan fingerprint density at radius 1 is 1.04 bits per heavy atom. The molecule has 142 valence electrons. The van der Waals surface area contributed by atoms with Crippen molar-refractivity contribution in [2.45, 2.75) is 0 Å². The first-order valence-electron chi connectivity index (χ1n) is 8.26. The lowest BCUT2D eigenvalue weighted by atomic mass is 10.1. The SMILES string of the molecule is COc1cc([N+](=O)[O-])ccc1NC(=O)COC(=O)c1ccc2ccccc2c1. The average molecular weight is 380 g/mol. The summed E-state index contributed by atoms with van der Waals surface area (Å²) in [4.78, 5) is 34.5. The van der Waals surface area contributed by atoms with Crippen LogP contribution in [-0.2, 0) is 9.53 Å². The van der Waals surface area contributed by atoms with Crippen LogP contribution in [0.4, 0.5) is 11.4 Å². The van der Waals surface area contributed by atoms with Crippen LogP contribution in [0.1, 0.15) is 10.4 Å². The van der Waals surface area contributed by atoms with Gasteiger partial charge >= 0.3 is 5.97 Å². The molecule has 0 radical (unpaired) electrons. The van der Waals surface area contributed by atoms with Crippen LogP contribution in [0.5, 0.6) is 5.75 Å². The number of nitrogens with zero attached hydrogens (tertiary/aromatic N) is 1. The number of nitro groups is 1. The van der Waals surface area contributed by atoms with Gasteiger partial charge < -0.3 is 14.8 Å². The predicted molar refractivity (Wildman–Crippen MR) is 103 cm³/mol. The van der Waals surface area contributed by atoms with Crippen LogP contribution in [0.15, 0.2) is 60.7 Å². The van der Waals surface area contributed by atoms with E-state index in [1.165, 1.54) is 25.3 Å². The van der Waals surface area contributed by atoms with Crippen molar-refractivity contribution in [2.24, 2.45) is 0 Å². The first-order valence-corrected chi connectivity index (χ1v) is 8.26. The van der Waals surface area contributed by atoms with E-state index in [4.69, 9.17) is 9.47 Å². The number of fused-ring (bicyclic) bond motifs is 1. The van der Waals surface area contributed by atoms with E-state index >= 15 is 0 Å². The van der Waals surface area contributed by atoms with Gasteiger partial charge in [-0.05, 0) is 29.0 Å². The fraction of sp³-hybridized carbons (Fsp3) is 0.100. The highest BCUT2D eigenvalue weighted by molar-refractivity contribution is 5.98. The summed E-state index contributed by atoms with van der Waals surface area (Å²) >= 11 is 0. The Morgan fingerprint density at radius 2 is 1.79 bits per heavy atom.